The van der Waals surface area contributed by atoms with E-state index in [1.54, 1.807) is 0 Å². The molecule has 0 saturated carbocycles. The maximum absolute atomic E-state index is 5.83. The van der Waals surface area contributed by atoms with Gasteiger partial charge in [-0.15, -0.1) is 0 Å². The van der Waals surface area contributed by atoms with Gasteiger partial charge >= 0.3 is 0 Å². The standard InChI is InChI=1S/C14H23NOS/c1-4-7-13(5-2)16-14(17)15-10-6-8-12(3)9-11-15/h6,9-13H,4-5,7-8H2,1-3H3. The molecule has 3 heteroatoms. The Bertz CT molecular complexity index is 299. The van der Waals surface area contributed by atoms with E-state index < -0.39 is 0 Å². The van der Waals surface area contributed by atoms with Crippen LogP contribution in [0.25, 0.3) is 0 Å². The Morgan fingerprint density at radius 2 is 2.24 bits per heavy atom. The van der Waals surface area contributed by atoms with Crippen LogP contribution in [-0.2, 0) is 4.74 Å². The normalized spacial score (nSPS) is 21.1. The zero-order valence-electron chi connectivity index (χ0n) is 11.1. The highest BCUT2D eigenvalue weighted by Gasteiger charge is 2.13. The van der Waals surface area contributed by atoms with Crippen LogP contribution >= 0.6 is 12.2 Å². The SMILES string of the molecule is CCCC(CC)OC(=S)N1C=CCC(C)C=C1. The molecule has 1 heterocycles. The van der Waals surface area contributed by atoms with E-state index in [0.717, 1.165) is 25.7 Å². The molecule has 0 radical (unpaired) electrons. The second-order valence-electron chi connectivity index (χ2n) is 4.55. The van der Waals surface area contributed by atoms with Gasteiger partial charge in [0.15, 0.2) is 0 Å². The van der Waals surface area contributed by atoms with Crippen molar-refractivity contribution >= 4 is 17.4 Å². The van der Waals surface area contributed by atoms with Crippen molar-refractivity contribution in [2.45, 2.75) is 52.6 Å². The van der Waals surface area contributed by atoms with Crippen LogP contribution in [0.5, 0.6) is 0 Å². The molecule has 0 saturated heterocycles. The summed E-state index contributed by atoms with van der Waals surface area (Å²) >= 11 is 5.33. The number of ether oxygens (including phenoxy) is 1. The minimum atomic E-state index is 0.245. The van der Waals surface area contributed by atoms with Gasteiger partial charge in [-0.1, -0.05) is 39.3 Å². The van der Waals surface area contributed by atoms with Crippen LogP contribution in [0.3, 0.4) is 0 Å². The van der Waals surface area contributed by atoms with Crippen molar-refractivity contribution in [1.82, 2.24) is 4.90 Å². The van der Waals surface area contributed by atoms with Crippen LogP contribution in [0.4, 0.5) is 0 Å². The Balaban J connectivity index is 2.54. The summed E-state index contributed by atoms with van der Waals surface area (Å²) in [7, 11) is 0. The van der Waals surface area contributed by atoms with Crippen molar-refractivity contribution in [2.24, 2.45) is 5.92 Å². The molecule has 0 amide bonds. The smallest absolute Gasteiger partial charge is 0.267 e. The molecule has 1 aliphatic rings. The van der Waals surface area contributed by atoms with Crippen molar-refractivity contribution < 1.29 is 4.74 Å². The maximum Gasteiger partial charge on any atom is 0.267 e. The number of allylic oxidation sites excluding steroid dienone is 2. The molecule has 2 atom stereocenters. The van der Waals surface area contributed by atoms with Crippen LogP contribution in [0.15, 0.2) is 24.6 Å². The van der Waals surface area contributed by atoms with E-state index >= 15 is 0 Å². The van der Waals surface area contributed by atoms with Gasteiger partial charge in [-0.05, 0) is 37.4 Å². The van der Waals surface area contributed by atoms with Gasteiger partial charge in [0.25, 0.3) is 5.17 Å². The van der Waals surface area contributed by atoms with E-state index in [1.165, 1.54) is 0 Å². The van der Waals surface area contributed by atoms with Gasteiger partial charge in [-0.2, -0.15) is 0 Å². The van der Waals surface area contributed by atoms with Crippen LogP contribution in [0, 0.1) is 5.92 Å². The minimum Gasteiger partial charge on any atom is -0.467 e. The summed E-state index contributed by atoms with van der Waals surface area (Å²) < 4.78 is 5.83. The second-order valence-corrected chi connectivity index (χ2v) is 4.90. The third-order valence-corrected chi connectivity index (χ3v) is 3.20. The predicted molar refractivity (Wildman–Crippen MR) is 76.6 cm³/mol. The van der Waals surface area contributed by atoms with Crippen LogP contribution in [0.2, 0.25) is 0 Å². The average molecular weight is 253 g/mol. The van der Waals surface area contributed by atoms with Gasteiger partial charge < -0.3 is 4.74 Å². The lowest BCUT2D eigenvalue weighted by Gasteiger charge is -2.22. The van der Waals surface area contributed by atoms with Crippen LogP contribution in [-0.4, -0.2) is 16.2 Å². The van der Waals surface area contributed by atoms with Gasteiger partial charge in [0, 0.05) is 12.4 Å². The van der Waals surface area contributed by atoms with Crippen LogP contribution in [0.1, 0.15) is 46.5 Å². The molecule has 96 valence electrons. The fraction of sp³-hybridized carbons (Fsp3) is 0.643. The molecule has 0 aromatic carbocycles. The summed E-state index contributed by atoms with van der Waals surface area (Å²) in [5.74, 6) is 0.566. The number of hydrogen-bond donors (Lipinski definition) is 0. The summed E-state index contributed by atoms with van der Waals surface area (Å²) in [5.41, 5.74) is 0. The molecule has 0 N–H and O–H groups in total. The lowest BCUT2D eigenvalue weighted by Crippen LogP contribution is -2.26. The Labute approximate surface area is 110 Å². The third kappa shape index (κ3) is 4.90. The minimum absolute atomic E-state index is 0.245. The fourth-order valence-electron chi connectivity index (χ4n) is 1.75. The molecule has 0 fully saturated rings. The van der Waals surface area contributed by atoms with Gasteiger partial charge in [0.1, 0.15) is 6.10 Å². The lowest BCUT2D eigenvalue weighted by atomic mass is 10.1. The fourth-order valence-corrected chi connectivity index (χ4v) is 2.01. The average Bonchev–Trinajstić information content (AvgIpc) is 2.53. The molecule has 2 unspecified atom stereocenters. The van der Waals surface area contributed by atoms with Crippen molar-refractivity contribution in [1.29, 1.82) is 0 Å². The molecule has 0 aliphatic carbocycles. The lowest BCUT2D eigenvalue weighted by molar-refractivity contribution is 0.159. The first kappa shape index (κ1) is 14.2. The Hall–Kier alpha value is -0.830. The van der Waals surface area contributed by atoms with Gasteiger partial charge in [0.2, 0.25) is 0 Å². The topological polar surface area (TPSA) is 12.5 Å². The highest BCUT2D eigenvalue weighted by molar-refractivity contribution is 7.80. The molecule has 1 rings (SSSR count). The second kappa shape index (κ2) is 7.49. The molecule has 2 nitrogen and oxygen atoms in total. The monoisotopic (exact) mass is 253 g/mol. The molecular formula is C14H23NOS. The Morgan fingerprint density at radius 1 is 1.47 bits per heavy atom. The first-order valence-corrected chi connectivity index (χ1v) is 6.92. The van der Waals surface area contributed by atoms with Gasteiger partial charge in [-0.25, -0.2) is 0 Å². The van der Waals surface area contributed by atoms with E-state index in [9.17, 15) is 0 Å². The highest BCUT2D eigenvalue weighted by atomic mass is 32.1. The zero-order valence-corrected chi connectivity index (χ0v) is 11.9. The van der Waals surface area contributed by atoms with Crippen molar-refractivity contribution in [3.63, 3.8) is 0 Å². The molecule has 0 bridgehead atoms. The summed E-state index contributed by atoms with van der Waals surface area (Å²) in [5, 5.41) is 0.562. The van der Waals surface area contributed by atoms with Crippen molar-refractivity contribution in [3.05, 3.63) is 24.6 Å². The van der Waals surface area contributed by atoms with E-state index in [0.29, 0.717) is 11.1 Å². The molecule has 0 aromatic rings. The molecule has 17 heavy (non-hydrogen) atoms. The number of rotatable bonds is 4. The summed E-state index contributed by atoms with van der Waals surface area (Å²) in [6, 6.07) is 0. The highest BCUT2D eigenvalue weighted by Crippen LogP contribution is 2.14. The van der Waals surface area contributed by atoms with E-state index in [1.807, 2.05) is 17.3 Å². The Morgan fingerprint density at radius 3 is 2.88 bits per heavy atom. The Kier molecular flexibility index (Phi) is 6.27. The summed E-state index contributed by atoms with van der Waals surface area (Å²) in [6.45, 7) is 6.50. The van der Waals surface area contributed by atoms with Gasteiger partial charge in [0.05, 0.1) is 0 Å². The molecule has 1 aliphatic heterocycles. The van der Waals surface area contributed by atoms with Gasteiger partial charge in [-0.3, -0.25) is 4.90 Å². The predicted octanol–water partition coefficient (Wildman–Crippen LogP) is 4.24. The first-order chi connectivity index (χ1) is 8.17. The van der Waals surface area contributed by atoms with E-state index in [2.05, 4.69) is 32.9 Å². The third-order valence-electron chi connectivity index (χ3n) is 2.89. The van der Waals surface area contributed by atoms with Crippen molar-refractivity contribution in [2.75, 3.05) is 0 Å². The molecule has 0 aromatic heterocycles. The van der Waals surface area contributed by atoms with Crippen molar-refractivity contribution in [3.8, 4) is 0 Å². The summed E-state index contributed by atoms with van der Waals surface area (Å²) in [4.78, 5) is 1.90. The first-order valence-electron chi connectivity index (χ1n) is 6.51. The molecule has 0 spiro atoms. The number of nitrogens with zero attached hydrogens (tertiary/aromatic N) is 1. The molecular weight excluding hydrogens is 230 g/mol. The van der Waals surface area contributed by atoms with E-state index in [-0.39, 0.29) is 6.10 Å². The summed E-state index contributed by atoms with van der Waals surface area (Å²) in [6.07, 6.45) is 12.8. The quantitative estimate of drug-likeness (QED) is 0.695. The largest absolute Gasteiger partial charge is 0.467 e. The van der Waals surface area contributed by atoms with Crippen LogP contribution < -0.4 is 0 Å². The van der Waals surface area contributed by atoms with E-state index in [4.69, 9.17) is 17.0 Å². The zero-order chi connectivity index (χ0) is 12.7. The maximum atomic E-state index is 5.83. The number of hydrogen-bond acceptors (Lipinski definition) is 2. The number of thiocarbonyl (C=S) groups is 1.